The van der Waals surface area contributed by atoms with E-state index in [1.807, 2.05) is 0 Å². The van der Waals surface area contributed by atoms with Gasteiger partial charge in [-0.3, -0.25) is 14.4 Å². The van der Waals surface area contributed by atoms with Crippen LogP contribution in [-0.4, -0.2) is 42.3 Å². The van der Waals surface area contributed by atoms with E-state index in [2.05, 4.69) is 10.6 Å². The zero-order valence-electron chi connectivity index (χ0n) is 12.4. The Morgan fingerprint density at radius 1 is 1.23 bits per heavy atom. The molecule has 0 aliphatic carbocycles. The minimum atomic E-state index is -0.709. The summed E-state index contributed by atoms with van der Waals surface area (Å²) in [6.45, 7) is 2.67. The van der Waals surface area contributed by atoms with Crippen molar-refractivity contribution in [3.63, 3.8) is 0 Å². The summed E-state index contributed by atoms with van der Waals surface area (Å²) in [7, 11) is 1.47. The molecule has 3 amide bonds. The number of hydrogen-bond acceptors (Lipinski definition) is 3. The highest BCUT2D eigenvalue weighted by Gasteiger charge is 2.20. The highest BCUT2D eigenvalue weighted by Crippen LogP contribution is 2.29. The van der Waals surface area contributed by atoms with Gasteiger partial charge in [0, 0.05) is 14.0 Å². The highest BCUT2D eigenvalue weighted by atomic mass is 35.5. The van der Waals surface area contributed by atoms with Crippen molar-refractivity contribution in [1.29, 1.82) is 0 Å². The van der Waals surface area contributed by atoms with E-state index >= 15 is 0 Å². The summed E-state index contributed by atoms with van der Waals surface area (Å²) < 4.78 is 0. The summed E-state index contributed by atoms with van der Waals surface area (Å²) in [4.78, 5) is 36.1. The highest BCUT2D eigenvalue weighted by molar-refractivity contribution is 6.39. The van der Waals surface area contributed by atoms with Crippen molar-refractivity contribution in [1.82, 2.24) is 10.2 Å². The fraction of sp³-hybridized carbons (Fsp3) is 0.357. The molecule has 0 aliphatic heterocycles. The predicted octanol–water partition coefficient (Wildman–Crippen LogP) is 1.91. The lowest BCUT2D eigenvalue weighted by molar-refractivity contribution is -0.136. The number of para-hydroxylation sites is 1. The molecule has 1 atom stereocenters. The van der Waals surface area contributed by atoms with Gasteiger partial charge < -0.3 is 15.5 Å². The van der Waals surface area contributed by atoms with Gasteiger partial charge in [-0.05, 0) is 19.1 Å². The molecule has 0 spiro atoms. The summed E-state index contributed by atoms with van der Waals surface area (Å²) in [6.07, 6.45) is 0. The number of nitrogens with one attached hydrogen (secondary N) is 2. The third-order valence-electron chi connectivity index (χ3n) is 2.77. The molecule has 22 heavy (non-hydrogen) atoms. The molecule has 0 saturated carbocycles. The largest absolute Gasteiger partial charge is 0.345 e. The number of nitrogens with zero attached hydrogens (tertiary/aromatic N) is 1. The molecule has 8 heteroatoms. The van der Waals surface area contributed by atoms with Crippen molar-refractivity contribution in [2.45, 2.75) is 19.9 Å². The molecule has 0 saturated heterocycles. The standard InChI is InChI=1S/C14H17Cl2N3O3/c1-8(17-9(2)20)14(22)19(3)7-12(21)18-13-10(15)5-4-6-11(13)16/h4-6,8H,7H2,1-3H3,(H,17,20)(H,18,21). The van der Waals surface area contributed by atoms with Crippen LogP contribution in [0.15, 0.2) is 18.2 Å². The lowest BCUT2D eigenvalue weighted by atomic mass is 10.2. The predicted molar refractivity (Wildman–Crippen MR) is 86.0 cm³/mol. The van der Waals surface area contributed by atoms with E-state index in [-0.39, 0.29) is 18.4 Å². The first kappa shape index (κ1) is 18.3. The topological polar surface area (TPSA) is 78.5 Å². The normalized spacial score (nSPS) is 11.5. The molecule has 0 fully saturated rings. The Morgan fingerprint density at radius 3 is 2.27 bits per heavy atom. The summed E-state index contributed by atoms with van der Waals surface area (Å²) in [5, 5.41) is 5.63. The summed E-state index contributed by atoms with van der Waals surface area (Å²) >= 11 is 11.9. The Balaban J connectivity index is 2.65. The number of carbonyl (C=O) groups is 3. The quantitative estimate of drug-likeness (QED) is 0.855. The maximum absolute atomic E-state index is 12.0. The molecule has 2 N–H and O–H groups in total. The van der Waals surface area contributed by atoms with Gasteiger partial charge >= 0.3 is 0 Å². The SMILES string of the molecule is CC(=O)NC(C)C(=O)N(C)CC(=O)Nc1c(Cl)cccc1Cl. The van der Waals surface area contributed by atoms with Crippen LogP contribution in [0.1, 0.15) is 13.8 Å². The van der Waals surface area contributed by atoms with Gasteiger partial charge in [-0.2, -0.15) is 0 Å². The number of rotatable bonds is 5. The van der Waals surface area contributed by atoms with Gasteiger partial charge in [0.05, 0.1) is 22.3 Å². The summed E-state index contributed by atoms with van der Waals surface area (Å²) in [5.74, 6) is -1.14. The van der Waals surface area contributed by atoms with Gasteiger partial charge in [0.25, 0.3) is 0 Å². The molecule has 1 aromatic carbocycles. The van der Waals surface area contributed by atoms with E-state index in [1.165, 1.54) is 18.9 Å². The molecule has 6 nitrogen and oxygen atoms in total. The Kier molecular flexibility index (Phi) is 6.64. The zero-order valence-corrected chi connectivity index (χ0v) is 14.0. The van der Waals surface area contributed by atoms with E-state index < -0.39 is 11.9 Å². The number of amides is 3. The lowest BCUT2D eigenvalue weighted by Gasteiger charge is -2.21. The van der Waals surface area contributed by atoms with Crippen LogP contribution >= 0.6 is 23.2 Å². The molecule has 0 heterocycles. The van der Waals surface area contributed by atoms with Crippen LogP contribution in [0.2, 0.25) is 10.0 Å². The number of halogens is 2. The van der Waals surface area contributed by atoms with Crippen LogP contribution in [0.25, 0.3) is 0 Å². The fourth-order valence-electron chi connectivity index (χ4n) is 1.79. The van der Waals surface area contributed by atoms with Crippen LogP contribution in [0.3, 0.4) is 0 Å². The van der Waals surface area contributed by atoms with Gasteiger partial charge in [0.2, 0.25) is 17.7 Å². The lowest BCUT2D eigenvalue weighted by Crippen LogP contribution is -2.46. The second-order valence-electron chi connectivity index (χ2n) is 4.76. The Bertz CT molecular complexity index is 572. The number of anilines is 1. The van der Waals surface area contributed by atoms with Crippen LogP contribution < -0.4 is 10.6 Å². The molecular formula is C14H17Cl2N3O3. The van der Waals surface area contributed by atoms with Crippen LogP contribution in [0.4, 0.5) is 5.69 Å². The summed E-state index contributed by atoms with van der Waals surface area (Å²) in [6, 6.07) is 4.14. The maximum Gasteiger partial charge on any atom is 0.245 e. The first-order chi connectivity index (χ1) is 10.2. The van der Waals surface area contributed by atoms with Crippen molar-refractivity contribution in [2.24, 2.45) is 0 Å². The number of benzene rings is 1. The minimum absolute atomic E-state index is 0.190. The van der Waals surface area contributed by atoms with Crippen LogP contribution in [0.5, 0.6) is 0 Å². The molecule has 1 rings (SSSR count). The van der Waals surface area contributed by atoms with Crippen LogP contribution in [-0.2, 0) is 14.4 Å². The Hall–Kier alpha value is -1.79. The maximum atomic E-state index is 12.0. The number of likely N-dealkylation sites (N-methyl/N-ethyl adjacent to an activating group) is 1. The minimum Gasteiger partial charge on any atom is -0.345 e. The van der Waals surface area contributed by atoms with Crippen molar-refractivity contribution in [3.05, 3.63) is 28.2 Å². The molecule has 0 aromatic heterocycles. The first-order valence-corrected chi connectivity index (χ1v) is 7.24. The van der Waals surface area contributed by atoms with Crippen LogP contribution in [0, 0.1) is 0 Å². The average Bonchev–Trinajstić information content (AvgIpc) is 2.41. The second kappa shape index (κ2) is 8.00. The number of hydrogen-bond donors (Lipinski definition) is 2. The molecule has 0 bridgehead atoms. The van der Waals surface area contributed by atoms with E-state index in [1.54, 1.807) is 25.1 Å². The van der Waals surface area contributed by atoms with Gasteiger partial charge in [-0.25, -0.2) is 0 Å². The van der Waals surface area contributed by atoms with Gasteiger partial charge in [-0.15, -0.1) is 0 Å². The molecule has 1 unspecified atom stereocenters. The van der Waals surface area contributed by atoms with E-state index in [0.29, 0.717) is 15.7 Å². The third-order valence-corrected chi connectivity index (χ3v) is 3.40. The second-order valence-corrected chi connectivity index (χ2v) is 5.58. The van der Waals surface area contributed by atoms with Crippen molar-refractivity contribution >= 4 is 46.6 Å². The van der Waals surface area contributed by atoms with Gasteiger partial charge in [0.1, 0.15) is 6.04 Å². The van der Waals surface area contributed by atoms with Gasteiger partial charge in [-0.1, -0.05) is 29.3 Å². The van der Waals surface area contributed by atoms with Crippen molar-refractivity contribution in [2.75, 3.05) is 18.9 Å². The summed E-state index contributed by atoms with van der Waals surface area (Å²) in [5.41, 5.74) is 0.298. The zero-order chi connectivity index (χ0) is 16.9. The van der Waals surface area contributed by atoms with Crippen molar-refractivity contribution in [3.8, 4) is 0 Å². The molecule has 1 aromatic rings. The smallest absolute Gasteiger partial charge is 0.245 e. The Labute approximate surface area is 138 Å². The molecule has 0 aliphatic rings. The van der Waals surface area contributed by atoms with Crippen molar-refractivity contribution < 1.29 is 14.4 Å². The third kappa shape index (κ3) is 5.20. The monoisotopic (exact) mass is 345 g/mol. The van der Waals surface area contributed by atoms with Gasteiger partial charge in [0.15, 0.2) is 0 Å². The van der Waals surface area contributed by atoms with E-state index in [9.17, 15) is 14.4 Å². The molecular weight excluding hydrogens is 329 g/mol. The first-order valence-electron chi connectivity index (χ1n) is 6.48. The molecule has 120 valence electrons. The number of carbonyl (C=O) groups excluding carboxylic acids is 3. The fourth-order valence-corrected chi connectivity index (χ4v) is 2.28. The Morgan fingerprint density at radius 2 is 1.77 bits per heavy atom. The van der Waals surface area contributed by atoms with E-state index in [0.717, 1.165) is 0 Å². The molecule has 0 radical (unpaired) electrons. The average molecular weight is 346 g/mol. The van der Waals surface area contributed by atoms with E-state index in [4.69, 9.17) is 23.2 Å².